The maximum Gasteiger partial charge on any atom is 0.245 e. The summed E-state index contributed by atoms with van der Waals surface area (Å²) in [5.41, 5.74) is 0. The Labute approximate surface area is 102 Å². The number of nitrogens with zero attached hydrogens (tertiary/aromatic N) is 2. The fraction of sp³-hybridized carbons (Fsp3) is 0.833. The standard InChI is InChI=1S/C12H21N3O2/c1-10(16)15-8-2-4-11(15)12(17)14-7-3-5-13-6-9-14/h11,13H,2-9H2,1H3/t11-/m1/s1. The lowest BCUT2D eigenvalue weighted by Crippen LogP contribution is -2.48. The predicted molar refractivity (Wildman–Crippen MR) is 64.5 cm³/mol. The summed E-state index contributed by atoms with van der Waals surface area (Å²) in [4.78, 5) is 27.5. The molecule has 5 heteroatoms. The Hall–Kier alpha value is -1.10. The van der Waals surface area contributed by atoms with Gasteiger partial charge in [0, 0.05) is 33.1 Å². The van der Waals surface area contributed by atoms with Gasteiger partial charge in [0.1, 0.15) is 6.04 Å². The number of hydrogen-bond acceptors (Lipinski definition) is 3. The van der Waals surface area contributed by atoms with Crippen LogP contribution in [0, 0.1) is 0 Å². The van der Waals surface area contributed by atoms with Crippen molar-refractivity contribution in [2.24, 2.45) is 0 Å². The van der Waals surface area contributed by atoms with Crippen molar-refractivity contribution in [3.05, 3.63) is 0 Å². The average Bonchev–Trinajstić information content (AvgIpc) is 2.64. The summed E-state index contributed by atoms with van der Waals surface area (Å²) in [7, 11) is 0. The molecule has 0 aromatic heterocycles. The number of carbonyl (C=O) groups excluding carboxylic acids is 2. The van der Waals surface area contributed by atoms with Crippen molar-refractivity contribution < 1.29 is 9.59 Å². The van der Waals surface area contributed by atoms with Crippen LogP contribution in [0.25, 0.3) is 0 Å². The Bertz CT molecular complexity index is 298. The predicted octanol–water partition coefficient (Wildman–Crippen LogP) is -0.181. The van der Waals surface area contributed by atoms with E-state index in [2.05, 4.69) is 5.32 Å². The quantitative estimate of drug-likeness (QED) is 0.690. The number of rotatable bonds is 1. The van der Waals surface area contributed by atoms with E-state index in [1.165, 1.54) is 0 Å². The molecule has 0 bridgehead atoms. The number of carbonyl (C=O) groups is 2. The molecular formula is C12H21N3O2. The molecule has 2 heterocycles. The van der Waals surface area contributed by atoms with Crippen molar-refractivity contribution in [1.29, 1.82) is 0 Å². The van der Waals surface area contributed by atoms with Crippen LogP contribution in [0.2, 0.25) is 0 Å². The molecule has 17 heavy (non-hydrogen) atoms. The number of amides is 2. The van der Waals surface area contributed by atoms with Crippen LogP contribution in [0.4, 0.5) is 0 Å². The first-order chi connectivity index (χ1) is 8.20. The fourth-order valence-corrected chi connectivity index (χ4v) is 2.68. The van der Waals surface area contributed by atoms with Gasteiger partial charge in [-0.3, -0.25) is 9.59 Å². The van der Waals surface area contributed by atoms with Crippen LogP contribution in [0.3, 0.4) is 0 Å². The van der Waals surface area contributed by atoms with Crippen molar-refractivity contribution in [3.8, 4) is 0 Å². The van der Waals surface area contributed by atoms with Crippen LogP contribution in [-0.2, 0) is 9.59 Å². The molecule has 1 N–H and O–H groups in total. The molecule has 2 aliphatic rings. The van der Waals surface area contributed by atoms with E-state index in [-0.39, 0.29) is 17.9 Å². The molecule has 0 saturated carbocycles. The maximum absolute atomic E-state index is 12.4. The molecule has 0 aliphatic carbocycles. The summed E-state index contributed by atoms with van der Waals surface area (Å²) in [6, 6.07) is -0.203. The topological polar surface area (TPSA) is 52.7 Å². The molecule has 2 rings (SSSR count). The molecule has 5 nitrogen and oxygen atoms in total. The van der Waals surface area contributed by atoms with Crippen LogP contribution < -0.4 is 5.32 Å². The van der Waals surface area contributed by atoms with Gasteiger partial charge >= 0.3 is 0 Å². The van der Waals surface area contributed by atoms with Gasteiger partial charge in [-0.25, -0.2) is 0 Å². The van der Waals surface area contributed by atoms with E-state index in [1.807, 2.05) is 4.90 Å². The zero-order chi connectivity index (χ0) is 12.3. The second-order valence-electron chi connectivity index (χ2n) is 4.80. The molecule has 2 aliphatic heterocycles. The van der Waals surface area contributed by atoms with Gasteiger partial charge in [0.25, 0.3) is 0 Å². The first-order valence-electron chi connectivity index (χ1n) is 6.47. The minimum atomic E-state index is -0.203. The Morgan fingerprint density at radius 1 is 1.12 bits per heavy atom. The van der Waals surface area contributed by atoms with Crippen LogP contribution in [0.1, 0.15) is 26.2 Å². The van der Waals surface area contributed by atoms with Gasteiger partial charge in [0.15, 0.2) is 0 Å². The molecular weight excluding hydrogens is 218 g/mol. The van der Waals surface area contributed by atoms with Crippen LogP contribution in [0.15, 0.2) is 0 Å². The summed E-state index contributed by atoms with van der Waals surface area (Å²) in [5.74, 6) is 0.162. The van der Waals surface area contributed by atoms with Crippen molar-refractivity contribution in [1.82, 2.24) is 15.1 Å². The van der Waals surface area contributed by atoms with Gasteiger partial charge in [-0.05, 0) is 25.8 Å². The summed E-state index contributed by atoms with van der Waals surface area (Å²) in [6.07, 6.45) is 2.77. The number of nitrogens with one attached hydrogen (secondary N) is 1. The summed E-state index contributed by atoms with van der Waals surface area (Å²) >= 11 is 0. The summed E-state index contributed by atoms with van der Waals surface area (Å²) in [5, 5.41) is 3.28. The third-order valence-electron chi connectivity index (χ3n) is 3.59. The van der Waals surface area contributed by atoms with Crippen molar-refractivity contribution in [2.75, 3.05) is 32.7 Å². The van der Waals surface area contributed by atoms with E-state index in [0.717, 1.165) is 52.0 Å². The minimum Gasteiger partial charge on any atom is -0.340 e. The monoisotopic (exact) mass is 239 g/mol. The molecule has 1 atom stereocenters. The number of likely N-dealkylation sites (tertiary alicyclic amines) is 1. The average molecular weight is 239 g/mol. The second-order valence-corrected chi connectivity index (χ2v) is 4.80. The van der Waals surface area contributed by atoms with E-state index in [0.29, 0.717) is 0 Å². The summed E-state index contributed by atoms with van der Waals surface area (Å²) < 4.78 is 0. The van der Waals surface area contributed by atoms with Gasteiger partial charge in [0.2, 0.25) is 11.8 Å². The highest BCUT2D eigenvalue weighted by Gasteiger charge is 2.34. The van der Waals surface area contributed by atoms with E-state index in [9.17, 15) is 9.59 Å². The van der Waals surface area contributed by atoms with Crippen molar-refractivity contribution in [2.45, 2.75) is 32.2 Å². The lowest BCUT2D eigenvalue weighted by atomic mass is 10.2. The molecule has 0 radical (unpaired) electrons. The van der Waals surface area contributed by atoms with Crippen LogP contribution >= 0.6 is 0 Å². The smallest absolute Gasteiger partial charge is 0.245 e. The molecule has 0 aromatic rings. The maximum atomic E-state index is 12.4. The van der Waals surface area contributed by atoms with Crippen molar-refractivity contribution in [3.63, 3.8) is 0 Å². The third kappa shape index (κ3) is 2.77. The van der Waals surface area contributed by atoms with E-state index >= 15 is 0 Å². The normalized spacial score (nSPS) is 25.8. The molecule has 96 valence electrons. The third-order valence-corrected chi connectivity index (χ3v) is 3.59. The van der Waals surface area contributed by atoms with Crippen LogP contribution in [-0.4, -0.2) is 60.4 Å². The fourth-order valence-electron chi connectivity index (χ4n) is 2.68. The Morgan fingerprint density at radius 3 is 2.71 bits per heavy atom. The Balaban J connectivity index is 2.00. The van der Waals surface area contributed by atoms with Gasteiger partial charge < -0.3 is 15.1 Å². The van der Waals surface area contributed by atoms with Gasteiger partial charge in [-0.2, -0.15) is 0 Å². The first kappa shape index (κ1) is 12.4. The van der Waals surface area contributed by atoms with E-state index in [4.69, 9.17) is 0 Å². The molecule has 2 saturated heterocycles. The largest absolute Gasteiger partial charge is 0.340 e. The highest BCUT2D eigenvalue weighted by atomic mass is 16.2. The SMILES string of the molecule is CC(=O)N1CCC[C@@H]1C(=O)N1CCCNCC1. The molecule has 2 amide bonds. The number of hydrogen-bond donors (Lipinski definition) is 1. The Kier molecular flexibility index (Phi) is 3.99. The molecule has 2 fully saturated rings. The highest BCUT2D eigenvalue weighted by Crippen LogP contribution is 2.19. The summed E-state index contributed by atoms with van der Waals surface area (Å²) in [6.45, 7) is 5.70. The zero-order valence-corrected chi connectivity index (χ0v) is 10.4. The van der Waals surface area contributed by atoms with Gasteiger partial charge in [0.05, 0.1) is 0 Å². The zero-order valence-electron chi connectivity index (χ0n) is 10.4. The lowest BCUT2D eigenvalue weighted by Gasteiger charge is -2.28. The van der Waals surface area contributed by atoms with E-state index in [1.54, 1.807) is 11.8 Å². The van der Waals surface area contributed by atoms with Crippen molar-refractivity contribution >= 4 is 11.8 Å². The lowest BCUT2D eigenvalue weighted by molar-refractivity contribution is -0.142. The first-order valence-corrected chi connectivity index (χ1v) is 6.47. The molecule has 0 spiro atoms. The van der Waals surface area contributed by atoms with Gasteiger partial charge in [-0.1, -0.05) is 0 Å². The van der Waals surface area contributed by atoms with E-state index < -0.39 is 0 Å². The Morgan fingerprint density at radius 2 is 1.94 bits per heavy atom. The molecule has 0 aromatic carbocycles. The second kappa shape index (κ2) is 5.49. The van der Waals surface area contributed by atoms with Gasteiger partial charge in [-0.15, -0.1) is 0 Å². The minimum absolute atomic E-state index is 0.0220. The highest BCUT2D eigenvalue weighted by molar-refractivity contribution is 5.87. The molecule has 0 unspecified atom stereocenters. The van der Waals surface area contributed by atoms with Crippen LogP contribution in [0.5, 0.6) is 0 Å².